The molecule has 0 radical (unpaired) electrons. The van der Waals surface area contributed by atoms with Crippen molar-refractivity contribution in [2.45, 2.75) is 32.2 Å². The molecule has 2 aliphatic rings. The minimum Gasteiger partial charge on any atom is -0.467 e. The first-order chi connectivity index (χ1) is 17.0. The predicted octanol–water partition coefficient (Wildman–Crippen LogP) is 4.86. The number of benzene rings is 2. The molecule has 8 nitrogen and oxygen atoms in total. The van der Waals surface area contributed by atoms with Crippen LogP contribution in [0.15, 0.2) is 82.6 Å². The zero-order chi connectivity index (χ0) is 24.4. The molecule has 1 aliphatic carbocycles. The lowest BCUT2D eigenvalue weighted by molar-refractivity contribution is -0.117. The number of Topliss-reactive ketones (excluding diaryl/α,β-unsaturated/α-hetero) is 1. The van der Waals surface area contributed by atoms with E-state index in [2.05, 4.69) is 16.0 Å². The second-order valence-corrected chi connectivity index (χ2v) is 8.66. The number of para-hydroxylation sites is 2. The van der Waals surface area contributed by atoms with Crippen LogP contribution in [0.1, 0.15) is 38.0 Å². The summed E-state index contributed by atoms with van der Waals surface area (Å²) in [5.41, 5.74) is 4.44. The predicted molar refractivity (Wildman–Crippen MR) is 134 cm³/mol. The van der Waals surface area contributed by atoms with Crippen LogP contribution in [0, 0.1) is 0 Å². The van der Waals surface area contributed by atoms with Crippen molar-refractivity contribution < 1.29 is 18.8 Å². The molecule has 2 heterocycles. The summed E-state index contributed by atoms with van der Waals surface area (Å²) in [6.45, 7) is 1.44. The van der Waals surface area contributed by atoms with Gasteiger partial charge in [-0.05, 0) is 61.4 Å². The fourth-order valence-corrected chi connectivity index (χ4v) is 4.71. The van der Waals surface area contributed by atoms with E-state index in [9.17, 15) is 14.4 Å². The molecule has 0 bridgehead atoms. The summed E-state index contributed by atoms with van der Waals surface area (Å²) in [6.07, 6.45) is 3.59. The van der Waals surface area contributed by atoms with Gasteiger partial charge in [-0.2, -0.15) is 0 Å². The van der Waals surface area contributed by atoms with Crippen molar-refractivity contribution in [1.29, 1.82) is 0 Å². The number of nitrogens with one attached hydrogen (secondary N) is 3. The molecule has 0 fully saturated rings. The number of amides is 2. The van der Waals surface area contributed by atoms with Crippen molar-refractivity contribution in [2.75, 3.05) is 27.4 Å². The average Bonchev–Trinajstić information content (AvgIpc) is 3.32. The maximum Gasteiger partial charge on any atom is 0.243 e. The molecule has 1 unspecified atom stereocenters. The van der Waals surface area contributed by atoms with Crippen LogP contribution in [0.2, 0.25) is 0 Å². The second kappa shape index (κ2) is 9.50. The number of carbonyl (C=O) groups excluding carboxylic acids is 3. The van der Waals surface area contributed by atoms with Gasteiger partial charge in [-0.15, -0.1) is 0 Å². The summed E-state index contributed by atoms with van der Waals surface area (Å²) < 4.78 is 5.79. The topological polar surface area (TPSA) is 104 Å². The maximum absolute atomic E-state index is 13.2. The summed E-state index contributed by atoms with van der Waals surface area (Å²) in [4.78, 5) is 39.6. The third kappa shape index (κ3) is 4.68. The fraction of sp³-hybridized carbons (Fsp3) is 0.222. The lowest BCUT2D eigenvalue weighted by atomic mass is 9.88. The van der Waals surface area contributed by atoms with Gasteiger partial charge in [0.25, 0.3) is 0 Å². The maximum atomic E-state index is 13.2. The zero-order valence-electron chi connectivity index (χ0n) is 19.3. The van der Waals surface area contributed by atoms with E-state index in [1.54, 1.807) is 36.6 Å². The Kier molecular flexibility index (Phi) is 6.10. The van der Waals surface area contributed by atoms with E-state index < -0.39 is 6.04 Å². The van der Waals surface area contributed by atoms with E-state index in [1.165, 1.54) is 6.92 Å². The highest BCUT2D eigenvalue weighted by Crippen LogP contribution is 2.44. The largest absolute Gasteiger partial charge is 0.467 e. The van der Waals surface area contributed by atoms with E-state index in [4.69, 9.17) is 4.42 Å². The number of anilines is 4. The number of carbonyl (C=O) groups is 3. The van der Waals surface area contributed by atoms with E-state index >= 15 is 0 Å². The Morgan fingerprint density at radius 2 is 1.74 bits per heavy atom. The Bertz CT molecular complexity index is 1290. The molecule has 5 rings (SSSR count). The van der Waals surface area contributed by atoms with Gasteiger partial charge in [-0.3, -0.25) is 14.4 Å². The third-order valence-corrected chi connectivity index (χ3v) is 6.16. The number of ketones is 1. The molecule has 178 valence electrons. The highest BCUT2D eigenvalue weighted by Gasteiger charge is 2.38. The van der Waals surface area contributed by atoms with E-state index in [0.29, 0.717) is 29.1 Å². The molecule has 0 spiro atoms. The van der Waals surface area contributed by atoms with E-state index in [1.807, 2.05) is 35.2 Å². The second-order valence-electron chi connectivity index (χ2n) is 8.66. The summed E-state index contributed by atoms with van der Waals surface area (Å²) >= 11 is 0. The number of allylic oxidation sites excluding steroid dienone is 1. The van der Waals surface area contributed by atoms with Gasteiger partial charge in [-0.1, -0.05) is 12.1 Å². The highest BCUT2D eigenvalue weighted by atomic mass is 16.3. The van der Waals surface area contributed by atoms with Crippen LogP contribution in [-0.2, 0) is 14.4 Å². The Balaban J connectivity index is 1.49. The van der Waals surface area contributed by atoms with Crippen LogP contribution in [0.4, 0.5) is 22.7 Å². The van der Waals surface area contributed by atoms with Crippen molar-refractivity contribution in [3.05, 3.63) is 84.0 Å². The van der Waals surface area contributed by atoms with Gasteiger partial charge in [-0.25, -0.2) is 0 Å². The van der Waals surface area contributed by atoms with Gasteiger partial charge in [0.15, 0.2) is 5.78 Å². The van der Waals surface area contributed by atoms with Crippen LogP contribution in [0.3, 0.4) is 0 Å². The van der Waals surface area contributed by atoms with Crippen molar-refractivity contribution in [1.82, 2.24) is 0 Å². The first-order valence-corrected chi connectivity index (χ1v) is 11.6. The lowest BCUT2D eigenvalue weighted by Gasteiger charge is -2.33. The Hall–Kier alpha value is -4.33. The number of nitrogens with zero attached hydrogens (tertiary/aromatic N) is 1. The van der Waals surface area contributed by atoms with Gasteiger partial charge >= 0.3 is 0 Å². The summed E-state index contributed by atoms with van der Waals surface area (Å²) in [5, 5.41) is 9.10. The fourth-order valence-electron chi connectivity index (χ4n) is 4.71. The zero-order valence-corrected chi connectivity index (χ0v) is 19.3. The smallest absolute Gasteiger partial charge is 0.243 e. The normalized spacial score (nSPS) is 17.1. The molecule has 0 saturated heterocycles. The summed E-state index contributed by atoms with van der Waals surface area (Å²) in [7, 11) is 0. The molecule has 1 atom stereocenters. The van der Waals surface area contributed by atoms with Crippen LogP contribution in [-0.4, -0.2) is 24.1 Å². The summed E-state index contributed by atoms with van der Waals surface area (Å²) in [5.74, 6) is 0.270. The van der Waals surface area contributed by atoms with Gasteiger partial charge < -0.3 is 25.3 Å². The number of furan rings is 1. The van der Waals surface area contributed by atoms with Crippen molar-refractivity contribution in [2.24, 2.45) is 0 Å². The van der Waals surface area contributed by atoms with E-state index in [0.717, 1.165) is 29.9 Å². The Morgan fingerprint density at radius 1 is 1.00 bits per heavy atom. The number of rotatable bonds is 5. The van der Waals surface area contributed by atoms with Crippen LogP contribution >= 0.6 is 0 Å². The van der Waals surface area contributed by atoms with Gasteiger partial charge in [0, 0.05) is 36.0 Å². The first kappa shape index (κ1) is 22.5. The Labute approximate surface area is 203 Å². The molecule has 35 heavy (non-hydrogen) atoms. The number of fused-ring (bicyclic) bond motifs is 1. The van der Waals surface area contributed by atoms with Gasteiger partial charge in [0.05, 0.1) is 24.2 Å². The monoisotopic (exact) mass is 470 g/mol. The average molecular weight is 471 g/mol. The molecule has 0 saturated carbocycles. The van der Waals surface area contributed by atoms with E-state index in [-0.39, 0.29) is 24.1 Å². The lowest BCUT2D eigenvalue weighted by Crippen LogP contribution is -2.38. The quantitative estimate of drug-likeness (QED) is 0.492. The van der Waals surface area contributed by atoms with Crippen molar-refractivity contribution in [3.8, 4) is 0 Å². The van der Waals surface area contributed by atoms with Crippen molar-refractivity contribution in [3.63, 3.8) is 0 Å². The minimum atomic E-state index is -0.531. The standard InChI is InChI=1S/C27H26N4O4/c1-17(32)28-18-11-13-19(14-12-18)29-25(34)16-31-22-8-3-2-6-20(22)30-21-7-4-9-23(33)26(21)27(31)24-10-5-15-35-24/h2-3,5-6,8,10-15,27,30H,4,7,9,16H2,1H3,(H,28,32)(H,29,34). The van der Waals surface area contributed by atoms with Gasteiger partial charge in [0.2, 0.25) is 11.8 Å². The molecule has 1 aromatic heterocycles. The third-order valence-electron chi connectivity index (χ3n) is 6.16. The molecule has 8 heteroatoms. The number of hydrogen-bond donors (Lipinski definition) is 3. The van der Waals surface area contributed by atoms with Crippen LogP contribution in [0.25, 0.3) is 0 Å². The summed E-state index contributed by atoms with van der Waals surface area (Å²) in [6, 6.07) is 17.8. The molecular formula is C27H26N4O4. The molecule has 3 aromatic rings. The van der Waals surface area contributed by atoms with Gasteiger partial charge in [0.1, 0.15) is 11.8 Å². The first-order valence-electron chi connectivity index (χ1n) is 11.6. The highest BCUT2D eigenvalue weighted by molar-refractivity contribution is 6.02. The van der Waals surface area contributed by atoms with Crippen molar-refractivity contribution >= 4 is 40.3 Å². The minimum absolute atomic E-state index is 0.00155. The van der Waals surface area contributed by atoms with Crippen LogP contribution in [0.5, 0.6) is 0 Å². The Morgan fingerprint density at radius 3 is 2.46 bits per heavy atom. The van der Waals surface area contributed by atoms with Crippen LogP contribution < -0.4 is 20.9 Å². The molecule has 1 aliphatic heterocycles. The molecule has 3 N–H and O–H groups in total. The molecule has 2 amide bonds. The molecule has 2 aromatic carbocycles. The molecular weight excluding hydrogens is 444 g/mol. The number of hydrogen-bond acceptors (Lipinski definition) is 6. The SMILES string of the molecule is CC(=O)Nc1ccc(NC(=O)CN2c3ccccc3NC3=C(C(=O)CCC3)C2c2ccco2)cc1.